The van der Waals surface area contributed by atoms with E-state index in [2.05, 4.69) is 34.7 Å². The number of aromatic nitrogens is 4. The Labute approximate surface area is 102 Å². The van der Waals surface area contributed by atoms with E-state index in [1.165, 1.54) is 0 Å². The van der Waals surface area contributed by atoms with Gasteiger partial charge < -0.3 is 10.1 Å². The molecule has 1 saturated carbocycles. The first-order valence-corrected chi connectivity index (χ1v) is 6.14. The van der Waals surface area contributed by atoms with Crippen molar-refractivity contribution in [1.29, 1.82) is 0 Å². The maximum absolute atomic E-state index is 5.72. The molecule has 6 heteroatoms. The summed E-state index contributed by atoms with van der Waals surface area (Å²) in [5, 5.41) is 15.0. The van der Waals surface area contributed by atoms with Crippen LogP contribution in [0, 0.1) is 5.41 Å². The van der Waals surface area contributed by atoms with Crippen molar-refractivity contribution in [2.45, 2.75) is 45.9 Å². The van der Waals surface area contributed by atoms with Crippen LogP contribution in [0.5, 0.6) is 0 Å². The van der Waals surface area contributed by atoms with Crippen molar-refractivity contribution in [3.63, 3.8) is 0 Å². The lowest BCUT2D eigenvalue weighted by atomic mass is 9.64. The average Bonchev–Trinajstić information content (AvgIpc) is 2.72. The summed E-state index contributed by atoms with van der Waals surface area (Å²) in [5.41, 5.74) is 0.0912. The van der Waals surface area contributed by atoms with E-state index in [1.807, 2.05) is 18.7 Å². The molecule has 0 amide bonds. The van der Waals surface area contributed by atoms with Gasteiger partial charge in [0.1, 0.15) is 0 Å². The van der Waals surface area contributed by atoms with Gasteiger partial charge in [0.25, 0.3) is 0 Å². The molecule has 96 valence electrons. The van der Waals surface area contributed by atoms with Gasteiger partial charge >= 0.3 is 0 Å². The maximum Gasteiger partial charge on any atom is 0.165 e. The molecule has 0 aliphatic heterocycles. The Hall–Kier alpha value is -1.01. The molecular weight excluding hydrogens is 218 g/mol. The Morgan fingerprint density at radius 1 is 1.53 bits per heavy atom. The van der Waals surface area contributed by atoms with Gasteiger partial charge in [-0.2, -0.15) is 0 Å². The summed E-state index contributed by atoms with van der Waals surface area (Å²) in [5.74, 6) is 0.889. The first-order valence-electron chi connectivity index (χ1n) is 6.14. The lowest BCUT2D eigenvalue weighted by Gasteiger charge is -2.51. The summed E-state index contributed by atoms with van der Waals surface area (Å²) >= 11 is 0. The fraction of sp³-hybridized carbons (Fsp3) is 0.909. The molecule has 0 saturated heterocycles. The van der Waals surface area contributed by atoms with E-state index in [0.29, 0.717) is 18.7 Å². The third-order valence-corrected chi connectivity index (χ3v) is 3.68. The van der Waals surface area contributed by atoms with E-state index < -0.39 is 0 Å². The molecule has 2 unspecified atom stereocenters. The minimum Gasteiger partial charge on any atom is -0.378 e. The molecule has 0 aromatic carbocycles. The summed E-state index contributed by atoms with van der Waals surface area (Å²) in [6, 6.07) is 0.331. The first-order chi connectivity index (χ1) is 8.11. The monoisotopic (exact) mass is 239 g/mol. The second-order valence-electron chi connectivity index (χ2n) is 5.09. The van der Waals surface area contributed by atoms with Crippen LogP contribution in [-0.4, -0.2) is 40.0 Å². The predicted molar refractivity (Wildman–Crippen MR) is 63.4 cm³/mol. The van der Waals surface area contributed by atoms with Crippen LogP contribution in [0.1, 0.15) is 39.1 Å². The van der Waals surface area contributed by atoms with E-state index in [9.17, 15) is 0 Å². The SMILES string of the molecule is CCOC1CC(n2nnnc2CNC)C1(C)C. The van der Waals surface area contributed by atoms with Crippen molar-refractivity contribution >= 4 is 0 Å². The van der Waals surface area contributed by atoms with Crippen LogP contribution in [-0.2, 0) is 11.3 Å². The van der Waals surface area contributed by atoms with Gasteiger partial charge in [0.05, 0.1) is 18.7 Å². The topological polar surface area (TPSA) is 64.9 Å². The predicted octanol–water partition coefficient (Wildman–Crippen LogP) is 0.769. The van der Waals surface area contributed by atoms with Crippen LogP contribution in [0.25, 0.3) is 0 Å². The molecule has 2 rings (SSSR count). The summed E-state index contributed by atoms with van der Waals surface area (Å²) in [4.78, 5) is 0. The molecule has 1 N–H and O–H groups in total. The Balaban J connectivity index is 2.11. The number of tetrazole rings is 1. The van der Waals surface area contributed by atoms with Gasteiger partial charge in [-0.3, -0.25) is 0 Å². The van der Waals surface area contributed by atoms with Crippen molar-refractivity contribution in [2.75, 3.05) is 13.7 Å². The first kappa shape index (κ1) is 12.4. The van der Waals surface area contributed by atoms with E-state index in [4.69, 9.17) is 4.74 Å². The van der Waals surface area contributed by atoms with Crippen molar-refractivity contribution < 1.29 is 4.74 Å². The molecule has 0 spiro atoms. The van der Waals surface area contributed by atoms with Gasteiger partial charge in [0.15, 0.2) is 5.82 Å². The number of hydrogen-bond donors (Lipinski definition) is 1. The molecular formula is C11H21N5O. The van der Waals surface area contributed by atoms with Gasteiger partial charge in [-0.05, 0) is 30.8 Å². The van der Waals surface area contributed by atoms with Crippen LogP contribution >= 0.6 is 0 Å². The number of rotatable bonds is 5. The maximum atomic E-state index is 5.72. The van der Waals surface area contributed by atoms with Crippen molar-refractivity contribution in [3.8, 4) is 0 Å². The molecule has 0 bridgehead atoms. The molecule has 1 aliphatic rings. The molecule has 6 nitrogen and oxygen atoms in total. The summed E-state index contributed by atoms with van der Waals surface area (Å²) < 4.78 is 7.66. The van der Waals surface area contributed by atoms with Crippen molar-refractivity contribution in [1.82, 2.24) is 25.5 Å². The van der Waals surface area contributed by atoms with Crippen LogP contribution in [0.15, 0.2) is 0 Å². The summed E-state index contributed by atoms with van der Waals surface area (Å²) in [6.07, 6.45) is 1.30. The highest BCUT2D eigenvalue weighted by Crippen LogP contribution is 2.51. The van der Waals surface area contributed by atoms with E-state index >= 15 is 0 Å². The third-order valence-electron chi connectivity index (χ3n) is 3.68. The quantitative estimate of drug-likeness (QED) is 0.822. The highest BCUT2D eigenvalue weighted by Gasteiger charge is 2.51. The smallest absolute Gasteiger partial charge is 0.165 e. The van der Waals surface area contributed by atoms with Gasteiger partial charge in [-0.15, -0.1) is 5.10 Å². The Morgan fingerprint density at radius 3 is 2.88 bits per heavy atom. The van der Waals surface area contributed by atoms with Gasteiger partial charge in [-0.25, -0.2) is 4.68 Å². The number of nitrogens with zero attached hydrogens (tertiary/aromatic N) is 4. The Morgan fingerprint density at radius 2 is 2.29 bits per heavy atom. The average molecular weight is 239 g/mol. The van der Waals surface area contributed by atoms with Crippen LogP contribution < -0.4 is 5.32 Å². The zero-order chi connectivity index (χ0) is 12.5. The van der Waals surface area contributed by atoms with E-state index in [-0.39, 0.29) is 5.41 Å². The number of nitrogens with one attached hydrogen (secondary N) is 1. The van der Waals surface area contributed by atoms with E-state index in [1.54, 1.807) is 0 Å². The standard InChI is InChI=1S/C11H21N5O/c1-5-17-9-6-8(11(9,2)3)16-10(7-12-4)13-14-15-16/h8-9,12H,5-7H2,1-4H3. The molecule has 2 atom stereocenters. The largest absolute Gasteiger partial charge is 0.378 e. The van der Waals surface area contributed by atoms with Gasteiger partial charge in [0, 0.05) is 12.0 Å². The van der Waals surface area contributed by atoms with Crippen LogP contribution in [0.4, 0.5) is 0 Å². The highest BCUT2D eigenvalue weighted by molar-refractivity contribution is 5.03. The molecule has 0 radical (unpaired) electrons. The molecule has 1 aliphatic carbocycles. The van der Waals surface area contributed by atoms with Crippen molar-refractivity contribution in [2.24, 2.45) is 5.41 Å². The summed E-state index contributed by atoms with van der Waals surface area (Å²) in [6.45, 7) is 7.92. The molecule has 1 aromatic heterocycles. The zero-order valence-corrected chi connectivity index (χ0v) is 11.0. The van der Waals surface area contributed by atoms with Crippen LogP contribution in [0.3, 0.4) is 0 Å². The molecule has 1 aromatic rings. The zero-order valence-electron chi connectivity index (χ0n) is 11.0. The Bertz CT molecular complexity index is 376. The van der Waals surface area contributed by atoms with Crippen LogP contribution in [0.2, 0.25) is 0 Å². The lowest BCUT2D eigenvalue weighted by Crippen LogP contribution is -2.52. The second kappa shape index (κ2) is 4.70. The second-order valence-corrected chi connectivity index (χ2v) is 5.09. The molecule has 1 heterocycles. The normalized spacial score (nSPS) is 26.8. The minimum absolute atomic E-state index is 0.0912. The Kier molecular flexibility index (Phi) is 3.44. The third kappa shape index (κ3) is 2.07. The minimum atomic E-state index is 0.0912. The molecule has 17 heavy (non-hydrogen) atoms. The van der Waals surface area contributed by atoms with E-state index in [0.717, 1.165) is 18.9 Å². The fourth-order valence-corrected chi connectivity index (χ4v) is 2.49. The number of hydrogen-bond acceptors (Lipinski definition) is 5. The van der Waals surface area contributed by atoms with Crippen molar-refractivity contribution in [3.05, 3.63) is 5.82 Å². The highest BCUT2D eigenvalue weighted by atomic mass is 16.5. The fourth-order valence-electron chi connectivity index (χ4n) is 2.49. The van der Waals surface area contributed by atoms with Gasteiger partial charge in [-0.1, -0.05) is 13.8 Å². The molecule has 1 fully saturated rings. The van der Waals surface area contributed by atoms with Gasteiger partial charge in [0.2, 0.25) is 0 Å². The lowest BCUT2D eigenvalue weighted by molar-refractivity contribution is -0.132. The summed E-state index contributed by atoms with van der Waals surface area (Å²) in [7, 11) is 1.90. The number of ether oxygens (including phenoxy) is 1.